The van der Waals surface area contributed by atoms with E-state index in [0.717, 1.165) is 17.2 Å². The fourth-order valence-electron chi connectivity index (χ4n) is 2.56. The van der Waals surface area contributed by atoms with Crippen LogP contribution in [-0.4, -0.2) is 14.9 Å². The van der Waals surface area contributed by atoms with E-state index in [1.54, 1.807) is 0 Å². The Hall–Kier alpha value is -2.55. The molecular formula is C20H23N3. The predicted molar refractivity (Wildman–Crippen MR) is 98.7 cm³/mol. The zero-order chi connectivity index (χ0) is 16.4. The molecule has 23 heavy (non-hydrogen) atoms. The first-order chi connectivity index (χ1) is 10.9. The maximum absolute atomic E-state index is 4.83. The van der Waals surface area contributed by atoms with Crippen molar-refractivity contribution in [2.24, 2.45) is 0 Å². The molecule has 0 amide bonds. The molecule has 0 aliphatic rings. The Morgan fingerprint density at radius 1 is 1.00 bits per heavy atom. The van der Waals surface area contributed by atoms with E-state index in [4.69, 9.17) is 4.98 Å². The van der Waals surface area contributed by atoms with Gasteiger partial charge in [0, 0.05) is 11.7 Å². The lowest BCUT2D eigenvalue weighted by Crippen LogP contribution is -2.27. The van der Waals surface area contributed by atoms with E-state index in [9.17, 15) is 0 Å². The summed E-state index contributed by atoms with van der Waals surface area (Å²) in [7, 11) is 0. The third-order valence-electron chi connectivity index (χ3n) is 3.60. The van der Waals surface area contributed by atoms with Gasteiger partial charge in [0.2, 0.25) is 0 Å². The van der Waals surface area contributed by atoms with Crippen molar-refractivity contribution in [3.8, 4) is 0 Å². The maximum atomic E-state index is 4.83. The molecule has 0 radical (unpaired) electrons. The topological polar surface area (TPSA) is 29.3 Å². The molecule has 1 aromatic carbocycles. The SMILES string of the molecule is Cc1cccn2c(NC(C)(C)C)c(/C=C/c3ccccc3)nc12. The summed E-state index contributed by atoms with van der Waals surface area (Å²) in [6.07, 6.45) is 6.24. The number of benzene rings is 1. The molecule has 2 heterocycles. The molecule has 118 valence electrons. The minimum absolute atomic E-state index is 0.0327. The van der Waals surface area contributed by atoms with Crippen LogP contribution in [-0.2, 0) is 0 Å². The van der Waals surface area contributed by atoms with Gasteiger partial charge < -0.3 is 5.32 Å². The second kappa shape index (κ2) is 5.92. The Kier molecular flexibility index (Phi) is 3.95. The molecule has 0 bridgehead atoms. The summed E-state index contributed by atoms with van der Waals surface area (Å²) in [6.45, 7) is 8.57. The quantitative estimate of drug-likeness (QED) is 0.736. The summed E-state index contributed by atoms with van der Waals surface area (Å²) >= 11 is 0. The summed E-state index contributed by atoms with van der Waals surface area (Å²) in [5.41, 5.74) is 4.26. The predicted octanol–water partition coefficient (Wildman–Crippen LogP) is 5.02. The average Bonchev–Trinajstić information content (AvgIpc) is 2.84. The van der Waals surface area contributed by atoms with Crippen LogP contribution in [0.5, 0.6) is 0 Å². The molecule has 0 spiro atoms. The third-order valence-corrected chi connectivity index (χ3v) is 3.60. The van der Waals surface area contributed by atoms with E-state index < -0.39 is 0 Å². The van der Waals surface area contributed by atoms with Gasteiger partial charge in [0.1, 0.15) is 17.2 Å². The minimum Gasteiger partial charge on any atom is -0.365 e. The average molecular weight is 305 g/mol. The van der Waals surface area contributed by atoms with Gasteiger partial charge in [0.15, 0.2) is 0 Å². The molecule has 3 aromatic rings. The standard InChI is InChI=1S/C20H23N3/c1-15-9-8-14-23-18(15)21-17(19(23)22-20(2,3)4)13-12-16-10-6-5-7-11-16/h5-14,22H,1-4H3/b13-12+. The lowest BCUT2D eigenvalue weighted by atomic mass is 10.1. The fraction of sp³-hybridized carbons (Fsp3) is 0.250. The van der Waals surface area contributed by atoms with Crippen LogP contribution in [0.15, 0.2) is 48.7 Å². The number of nitrogens with one attached hydrogen (secondary N) is 1. The fourth-order valence-corrected chi connectivity index (χ4v) is 2.56. The van der Waals surface area contributed by atoms with Crippen LogP contribution in [0.2, 0.25) is 0 Å². The number of hydrogen-bond donors (Lipinski definition) is 1. The first-order valence-corrected chi connectivity index (χ1v) is 7.93. The highest BCUT2D eigenvalue weighted by Crippen LogP contribution is 2.25. The summed E-state index contributed by atoms with van der Waals surface area (Å²) < 4.78 is 2.13. The summed E-state index contributed by atoms with van der Waals surface area (Å²) in [5, 5.41) is 3.59. The van der Waals surface area contributed by atoms with Crippen LogP contribution in [0.1, 0.15) is 37.6 Å². The number of aryl methyl sites for hydroxylation is 1. The van der Waals surface area contributed by atoms with Gasteiger partial charge >= 0.3 is 0 Å². The highest BCUT2D eigenvalue weighted by molar-refractivity contribution is 5.76. The lowest BCUT2D eigenvalue weighted by Gasteiger charge is -2.22. The van der Waals surface area contributed by atoms with Crippen molar-refractivity contribution >= 4 is 23.6 Å². The molecule has 0 saturated heterocycles. The van der Waals surface area contributed by atoms with Crippen molar-refractivity contribution < 1.29 is 0 Å². The smallest absolute Gasteiger partial charge is 0.142 e. The van der Waals surface area contributed by atoms with Crippen molar-refractivity contribution in [1.82, 2.24) is 9.38 Å². The molecule has 0 fully saturated rings. The van der Waals surface area contributed by atoms with Crippen LogP contribution >= 0.6 is 0 Å². The first-order valence-electron chi connectivity index (χ1n) is 7.93. The number of nitrogens with zero attached hydrogens (tertiary/aromatic N) is 2. The van der Waals surface area contributed by atoms with Gasteiger partial charge in [-0.15, -0.1) is 0 Å². The van der Waals surface area contributed by atoms with E-state index in [0.29, 0.717) is 0 Å². The molecule has 0 aliphatic carbocycles. The van der Waals surface area contributed by atoms with E-state index in [-0.39, 0.29) is 5.54 Å². The second-order valence-electron chi connectivity index (χ2n) is 6.85. The summed E-state index contributed by atoms with van der Waals surface area (Å²) in [5.74, 6) is 1.03. The van der Waals surface area contributed by atoms with Crippen LogP contribution in [0.3, 0.4) is 0 Å². The molecular weight excluding hydrogens is 282 g/mol. The largest absolute Gasteiger partial charge is 0.365 e. The lowest BCUT2D eigenvalue weighted by molar-refractivity contribution is 0.629. The molecule has 2 aromatic heterocycles. The van der Waals surface area contributed by atoms with Gasteiger partial charge in [-0.1, -0.05) is 42.5 Å². The maximum Gasteiger partial charge on any atom is 0.142 e. The highest BCUT2D eigenvalue weighted by atomic mass is 15.2. The van der Waals surface area contributed by atoms with Crippen molar-refractivity contribution in [3.63, 3.8) is 0 Å². The molecule has 0 unspecified atom stereocenters. The van der Waals surface area contributed by atoms with Crippen molar-refractivity contribution in [2.45, 2.75) is 33.2 Å². The van der Waals surface area contributed by atoms with E-state index in [2.05, 4.69) is 80.0 Å². The Labute approximate surface area is 137 Å². The Balaban J connectivity index is 2.09. The highest BCUT2D eigenvalue weighted by Gasteiger charge is 2.17. The van der Waals surface area contributed by atoms with Crippen LogP contribution in [0.25, 0.3) is 17.8 Å². The molecule has 0 atom stereocenters. The molecule has 1 N–H and O–H groups in total. The number of anilines is 1. The van der Waals surface area contributed by atoms with Gasteiger partial charge in [0.05, 0.1) is 0 Å². The van der Waals surface area contributed by atoms with Crippen molar-refractivity contribution in [2.75, 3.05) is 5.32 Å². The van der Waals surface area contributed by atoms with Gasteiger partial charge in [-0.2, -0.15) is 0 Å². The number of pyridine rings is 1. The van der Waals surface area contributed by atoms with Gasteiger partial charge in [0.25, 0.3) is 0 Å². The Bertz CT molecular complexity index is 836. The number of fused-ring (bicyclic) bond motifs is 1. The zero-order valence-corrected chi connectivity index (χ0v) is 14.2. The number of aromatic nitrogens is 2. The molecule has 0 aliphatic heterocycles. The molecule has 3 nitrogen and oxygen atoms in total. The molecule has 3 heteroatoms. The van der Waals surface area contributed by atoms with Gasteiger partial charge in [-0.3, -0.25) is 4.40 Å². The van der Waals surface area contributed by atoms with Crippen LogP contribution in [0, 0.1) is 6.92 Å². The van der Waals surface area contributed by atoms with Crippen molar-refractivity contribution in [1.29, 1.82) is 0 Å². The number of imidazole rings is 1. The van der Waals surface area contributed by atoms with E-state index in [1.165, 1.54) is 11.1 Å². The zero-order valence-electron chi connectivity index (χ0n) is 14.2. The first kappa shape index (κ1) is 15.3. The van der Waals surface area contributed by atoms with Crippen LogP contribution < -0.4 is 5.32 Å². The van der Waals surface area contributed by atoms with Gasteiger partial charge in [-0.25, -0.2) is 4.98 Å². The third kappa shape index (κ3) is 3.45. The van der Waals surface area contributed by atoms with E-state index >= 15 is 0 Å². The monoisotopic (exact) mass is 305 g/mol. The Morgan fingerprint density at radius 2 is 1.74 bits per heavy atom. The summed E-state index contributed by atoms with van der Waals surface area (Å²) in [6, 6.07) is 14.4. The Morgan fingerprint density at radius 3 is 2.43 bits per heavy atom. The second-order valence-corrected chi connectivity index (χ2v) is 6.85. The number of hydrogen-bond acceptors (Lipinski definition) is 2. The summed E-state index contributed by atoms with van der Waals surface area (Å²) in [4.78, 5) is 4.83. The minimum atomic E-state index is -0.0327. The normalized spacial score (nSPS) is 12.2. The van der Waals surface area contributed by atoms with Crippen LogP contribution in [0.4, 0.5) is 5.82 Å². The van der Waals surface area contributed by atoms with E-state index in [1.807, 2.05) is 18.2 Å². The molecule has 3 rings (SSSR count). The molecule has 0 saturated carbocycles. The van der Waals surface area contributed by atoms with Crippen molar-refractivity contribution in [3.05, 3.63) is 65.5 Å². The van der Waals surface area contributed by atoms with Gasteiger partial charge in [-0.05, 0) is 51.0 Å². The number of rotatable bonds is 3.